The molecule has 3 heterocycles. The maximum absolute atomic E-state index is 13.0. The van der Waals surface area contributed by atoms with E-state index >= 15 is 0 Å². The van der Waals surface area contributed by atoms with Crippen LogP contribution < -0.4 is 5.32 Å². The summed E-state index contributed by atoms with van der Waals surface area (Å²) in [6.07, 6.45) is 3.23. The molecule has 0 fully saturated rings. The molecule has 1 amide bonds. The lowest BCUT2D eigenvalue weighted by Gasteiger charge is -2.06. The van der Waals surface area contributed by atoms with Crippen molar-refractivity contribution in [3.05, 3.63) is 77.4 Å². The average Bonchev–Trinajstić information content (AvgIpc) is 3.39. The van der Waals surface area contributed by atoms with Gasteiger partial charge in [-0.05, 0) is 41.8 Å². The van der Waals surface area contributed by atoms with Crippen LogP contribution in [0.25, 0.3) is 21.8 Å². The Morgan fingerprint density at radius 1 is 1.15 bits per heavy atom. The Hall–Kier alpha value is -3.39. The van der Waals surface area contributed by atoms with Crippen LogP contribution in [0.3, 0.4) is 0 Å². The highest BCUT2D eigenvalue weighted by molar-refractivity contribution is 7.13. The van der Waals surface area contributed by atoms with Gasteiger partial charge >= 0.3 is 0 Å². The summed E-state index contributed by atoms with van der Waals surface area (Å²) in [5, 5.41) is 11.6. The minimum Gasteiger partial charge on any atom is -0.345 e. The van der Waals surface area contributed by atoms with Crippen LogP contribution in [0.1, 0.15) is 16.2 Å². The molecule has 0 saturated carbocycles. The zero-order chi connectivity index (χ0) is 18.6. The molecule has 0 bridgehead atoms. The molecule has 0 aliphatic carbocycles. The van der Waals surface area contributed by atoms with E-state index in [1.165, 1.54) is 12.1 Å². The summed E-state index contributed by atoms with van der Waals surface area (Å²) in [4.78, 5) is 22.1. The normalized spacial score (nSPS) is 10.7. The van der Waals surface area contributed by atoms with Gasteiger partial charge in [0.05, 0.1) is 22.8 Å². The number of hydrogen-bond donors (Lipinski definition) is 2. The lowest BCUT2D eigenvalue weighted by atomic mass is 10.1. The Morgan fingerprint density at radius 3 is 2.74 bits per heavy atom. The minimum atomic E-state index is -0.322. The molecule has 2 N–H and O–H groups in total. The van der Waals surface area contributed by atoms with Crippen molar-refractivity contribution in [1.82, 2.24) is 25.5 Å². The van der Waals surface area contributed by atoms with E-state index in [0.29, 0.717) is 17.1 Å². The molecule has 0 aliphatic heterocycles. The fourth-order valence-corrected chi connectivity index (χ4v) is 3.32. The maximum atomic E-state index is 13.0. The van der Waals surface area contributed by atoms with E-state index in [1.807, 2.05) is 17.5 Å². The lowest BCUT2D eigenvalue weighted by Crippen LogP contribution is -2.24. The second kappa shape index (κ2) is 7.46. The molecule has 4 aromatic rings. The number of H-pyrrole nitrogens is 1. The number of benzene rings is 1. The molecule has 134 valence electrons. The molecule has 0 aliphatic rings. The number of aromatic amines is 1. The molecular formula is C19H14FN5OS. The van der Waals surface area contributed by atoms with Gasteiger partial charge in [-0.15, -0.1) is 11.3 Å². The highest BCUT2D eigenvalue weighted by atomic mass is 32.1. The van der Waals surface area contributed by atoms with Gasteiger partial charge in [-0.1, -0.05) is 6.07 Å². The van der Waals surface area contributed by atoms with Crippen LogP contribution in [0.2, 0.25) is 0 Å². The summed E-state index contributed by atoms with van der Waals surface area (Å²) in [7, 11) is 0. The number of thiophene rings is 1. The summed E-state index contributed by atoms with van der Waals surface area (Å²) < 4.78 is 13.0. The summed E-state index contributed by atoms with van der Waals surface area (Å²) >= 11 is 1.56. The molecule has 0 atom stereocenters. The number of rotatable bonds is 5. The summed E-state index contributed by atoms with van der Waals surface area (Å²) in [6, 6.07) is 11.5. The molecule has 27 heavy (non-hydrogen) atoms. The summed E-state index contributed by atoms with van der Waals surface area (Å²) in [5.74, 6) is -0.628. The van der Waals surface area contributed by atoms with Gasteiger partial charge in [-0.3, -0.25) is 19.9 Å². The minimum absolute atomic E-state index is 0.241. The van der Waals surface area contributed by atoms with Crippen molar-refractivity contribution in [3.8, 4) is 21.8 Å². The van der Waals surface area contributed by atoms with Crippen LogP contribution in [0, 0.1) is 5.82 Å². The molecule has 3 aromatic heterocycles. The van der Waals surface area contributed by atoms with E-state index in [1.54, 1.807) is 41.9 Å². The van der Waals surface area contributed by atoms with Crippen molar-refractivity contribution in [3.63, 3.8) is 0 Å². The van der Waals surface area contributed by atoms with Crippen LogP contribution in [0.15, 0.2) is 60.2 Å². The lowest BCUT2D eigenvalue weighted by molar-refractivity contribution is 0.0945. The Kier molecular flexibility index (Phi) is 4.71. The maximum Gasteiger partial charge on any atom is 0.269 e. The fraction of sp³-hybridized carbons (Fsp3) is 0.0526. The van der Waals surface area contributed by atoms with Crippen LogP contribution >= 0.6 is 11.3 Å². The molecular weight excluding hydrogens is 365 g/mol. The third-order valence-corrected chi connectivity index (χ3v) is 4.78. The Labute approximate surface area is 158 Å². The Balaban J connectivity index is 1.47. The molecule has 1 aromatic carbocycles. The van der Waals surface area contributed by atoms with Gasteiger partial charge in [-0.2, -0.15) is 5.10 Å². The van der Waals surface area contributed by atoms with Gasteiger partial charge in [0.2, 0.25) is 0 Å². The number of aromatic nitrogens is 4. The first kappa shape index (κ1) is 17.0. The third-order valence-electron chi connectivity index (χ3n) is 3.91. The molecule has 4 rings (SSSR count). The topological polar surface area (TPSA) is 83.6 Å². The number of nitrogens with one attached hydrogen (secondary N) is 2. The fourth-order valence-electron chi connectivity index (χ4n) is 2.58. The first-order chi connectivity index (χ1) is 13.2. The molecule has 0 radical (unpaired) electrons. The van der Waals surface area contributed by atoms with Gasteiger partial charge in [0.15, 0.2) is 0 Å². The highest BCUT2D eigenvalue weighted by Gasteiger charge is 2.14. The predicted molar refractivity (Wildman–Crippen MR) is 100 cm³/mol. The van der Waals surface area contributed by atoms with E-state index in [-0.39, 0.29) is 18.3 Å². The van der Waals surface area contributed by atoms with Crippen LogP contribution in [0.4, 0.5) is 4.39 Å². The number of amides is 1. The second-order valence-electron chi connectivity index (χ2n) is 5.69. The first-order valence-electron chi connectivity index (χ1n) is 8.14. The van der Waals surface area contributed by atoms with Gasteiger partial charge in [-0.25, -0.2) is 4.39 Å². The Bertz CT molecular complexity index is 1060. The number of nitrogens with zero attached hydrogens (tertiary/aromatic N) is 3. The van der Waals surface area contributed by atoms with E-state index in [0.717, 1.165) is 16.1 Å². The molecule has 0 unspecified atom stereocenters. The van der Waals surface area contributed by atoms with E-state index in [9.17, 15) is 9.18 Å². The van der Waals surface area contributed by atoms with Crippen molar-refractivity contribution in [1.29, 1.82) is 0 Å². The standard InChI is InChI=1S/C19H14FN5OS/c20-13-5-3-12(4-6-13)14-10-15(25-24-14)19(26)23-11-16-18(22-8-7-21-16)17-2-1-9-27-17/h1-10H,11H2,(H,23,26)(H,24,25). The van der Waals surface area contributed by atoms with Crippen molar-refractivity contribution < 1.29 is 9.18 Å². The SMILES string of the molecule is O=C(NCc1nccnc1-c1cccs1)c1cc(-c2ccc(F)cc2)n[nH]1. The quantitative estimate of drug-likeness (QED) is 0.554. The third kappa shape index (κ3) is 3.75. The Morgan fingerprint density at radius 2 is 1.96 bits per heavy atom. The smallest absolute Gasteiger partial charge is 0.269 e. The van der Waals surface area contributed by atoms with Crippen molar-refractivity contribution in [2.24, 2.45) is 0 Å². The van der Waals surface area contributed by atoms with Crippen molar-refractivity contribution in [2.45, 2.75) is 6.54 Å². The summed E-state index contributed by atoms with van der Waals surface area (Å²) in [6.45, 7) is 0.241. The van der Waals surface area contributed by atoms with Crippen molar-refractivity contribution in [2.75, 3.05) is 0 Å². The molecule has 6 nitrogen and oxygen atoms in total. The summed E-state index contributed by atoms with van der Waals surface area (Å²) in [5.41, 5.74) is 3.05. The number of halogens is 1. The van der Waals surface area contributed by atoms with Crippen LogP contribution in [-0.2, 0) is 6.54 Å². The second-order valence-corrected chi connectivity index (χ2v) is 6.63. The first-order valence-corrected chi connectivity index (χ1v) is 9.02. The monoisotopic (exact) mass is 379 g/mol. The zero-order valence-corrected chi connectivity index (χ0v) is 14.8. The van der Waals surface area contributed by atoms with Crippen LogP contribution in [0.5, 0.6) is 0 Å². The largest absolute Gasteiger partial charge is 0.345 e. The zero-order valence-electron chi connectivity index (χ0n) is 14.0. The van der Waals surface area contributed by atoms with Gasteiger partial charge in [0.25, 0.3) is 5.91 Å². The number of hydrogen-bond acceptors (Lipinski definition) is 5. The molecule has 0 saturated heterocycles. The average molecular weight is 379 g/mol. The van der Waals surface area contributed by atoms with Crippen LogP contribution in [-0.4, -0.2) is 26.1 Å². The highest BCUT2D eigenvalue weighted by Crippen LogP contribution is 2.24. The predicted octanol–water partition coefficient (Wildman–Crippen LogP) is 3.66. The van der Waals surface area contributed by atoms with E-state index in [2.05, 4.69) is 25.5 Å². The van der Waals surface area contributed by atoms with Crippen molar-refractivity contribution >= 4 is 17.2 Å². The molecule has 0 spiro atoms. The van der Waals surface area contributed by atoms with Gasteiger partial charge < -0.3 is 5.32 Å². The van der Waals surface area contributed by atoms with Gasteiger partial charge in [0.1, 0.15) is 17.2 Å². The molecule has 8 heteroatoms. The number of carbonyl (C=O) groups is 1. The van der Waals surface area contributed by atoms with E-state index < -0.39 is 0 Å². The van der Waals surface area contributed by atoms with E-state index in [4.69, 9.17) is 0 Å². The number of carbonyl (C=O) groups excluding carboxylic acids is 1. The van der Waals surface area contributed by atoms with Gasteiger partial charge in [0, 0.05) is 18.0 Å².